The molecule has 0 aliphatic heterocycles. The summed E-state index contributed by atoms with van der Waals surface area (Å²) in [6.45, 7) is -5.75. The number of hydrogen-bond donors (Lipinski definition) is 2. The van der Waals surface area contributed by atoms with E-state index in [-0.39, 0.29) is 29.6 Å². The number of fused-ring (bicyclic) bond motifs is 1. The average Bonchev–Trinajstić information content (AvgIpc) is 3.00. The van der Waals surface area contributed by atoms with Crippen LogP contribution in [0.15, 0.2) is 15.8 Å². The molecule has 6 nitrogen and oxygen atoms in total. The van der Waals surface area contributed by atoms with E-state index in [9.17, 15) is 14.7 Å². The number of nitrogens with one attached hydrogen (secondary N) is 1. The molecule has 2 N–H and O–H groups in total. The molecule has 0 aromatic carbocycles. The highest BCUT2D eigenvalue weighted by atomic mass is 16.3. The van der Waals surface area contributed by atoms with Crippen molar-refractivity contribution in [2.75, 3.05) is 0 Å². The van der Waals surface area contributed by atoms with E-state index < -0.39 is 43.9 Å². The Balaban J connectivity index is 2.39. The van der Waals surface area contributed by atoms with Gasteiger partial charge in [-0.25, -0.2) is 4.79 Å². The second kappa shape index (κ2) is 5.66. The Hall–Kier alpha value is -1.82. The zero-order valence-electron chi connectivity index (χ0n) is 18.9. The number of H-pyrrole nitrogens is 1. The number of aliphatic hydroxyl groups is 1. The maximum absolute atomic E-state index is 12.7. The molecule has 20 heavy (non-hydrogen) atoms. The molecular weight excluding hydrogens is 258 g/mol. The zero-order chi connectivity index (χ0) is 21.7. The van der Waals surface area contributed by atoms with E-state index in [4.69, 9.17) is 11.0 Å². The first-order chi connectivity index (χ1) is 12.6. The van der Waals surface area contributed by atoms with E-state index in [0.29, 0.717) is 0 Å². The molecule has 0 saturated carbocycles. The Labute approximate surface area is 127 Å². The van der Waals surface area contributed by atoms with Crippen LogP contribution in [0.5, 0.6) is 0 Å². The number of aromatic nitrogens is 3. The van der Waals surface area contributed by atoms with Crippen molar-refractivity contribution >= 4 is 11.0 Å². The summed E-state index contributed by atoms with van der Waals surface area (Å²) in [4.78, 5) is 27.8. The second-order valence-electron chi connectivity index (χ2n) is 4.43. The normalized spacial score (nSPS) is 20.9. The molecule has 2 aromatic heterocycles. The molecule has 0 fully saturated rings. The molecule has 2 heterocycles. The average molecular weight is 287 g/mol. The van der Waals surface area contributed by atoms with Crippen LogP contribution < -0.4 is 11.2 Å². The zero-order valence-corrected chi connectivity index (χ0v) is 10.9. The van der Waals surface area contributed by atoms with E-state index in [1.807, 2.05) is 0 Å². The summed E-state index contributed by atoms with van der Waals surface area (Å²) in [7, 11) is 1.36. The summed E-state index contributed by atoms with van der Waals surface area (Å²) in [6, 6.07) is 0. The van der Waals surface area contributed by atoms with Gasteiger partial charge in [-0.2, -0.15) is 0 Å². The molecule has 2 aromatic rings. The first-order valence-electron chi connectivity index (χ1n) is 10.1. The Kier molecular flexibility index (Phi) is 2.06. The van der Waals surface area contributed by atoms with Crippen molar-refractivity contribution in [1.82, 2.24) is 14.1 Å². The lowest BCUT2D eigenvalue weighted by molar-refractivity contribution is 0.180. The molecule has 6 heteroatoms. The Morgan fingerprint density at radius 2 is 2.30 bits per heavy atom. The lowest BCUT2D eigenvalue weighted by atomic mass is 10.2. The number of nitrogens with zero attached hydrogens (tertiary/aromatic N) is 2. The van der Waals surface area contributed by atoms with Crippen molar-refractivity contribution in [3.05, 3.63) is 32.6 Å². The quantitative estimate of drug-likeness (QED) is 0.857. The van der Waals surface area contributed by atoms with Crippen LogP contribution in [0, 0.1) is 6.85 Å². The number of aryl methyl sites for hydroxylation is 2. The van der Waals surface area contributed by atoms with Crippen LogP contribution in [-0.4, -0.2) is 25.3 Å². The van der Waals surface area contributed by atoms with Gasteiger partial charge < -0.3 is 10.1 Å². The summed E-state index contributed by atoms with van der Waals surface area (Å²) in [6.07, 6.45) is -4.06. The van der Waals surface area contributed by atoms with Crippen LogP contribution in [0.3, 0.4) is 0 Å². The van der Waals surface area contributed by atoms with Crippen molar-refractivity contribution < 1.29 is 16.1 Å². The maximum Gasteiger partial charge on any atom is 0.332 e. The highest BCUT2D eigenvalue weighted by Gasteiger charge is 2.13. The van der Waals surface area contributed by atoms with E-state index >= 15 is 0 Å². The van der Waals surface area contributed by atoms with Crippen LogP contribution in [-0.2, 0) is 13.6 Å². The molecule has 0 spiro atoms. The number of rotatable bonds is 5. The molecule has 1 atom stereocenters. The third-order valence-corrected chi connectivity index (χ3v) is 3.07. The van der Waals surface area contributed by atoms with Gasteiger partial charge in [-0.15, -0.1) is 0 Å². The largest absolute Gasteiger partial charge is 0.393 e. The molecule has 0 radical (unpaired) electrons. The molecule has 110 valence electrons. The lowest BCUT2D eigenvalue weighted by Gasteiger charge is -2.09. The van der Waals surface area contributed by atoms with E-state index in [2.05, 4.69) is 4.98 Å². The SMILES string of the molecule is [2H]C([2H])([2H])c1c[nH]c2c1c(=O)n(CCCC([2H])([2H])C(O)C([2H])([2H])[2H])c(=O)n2C. The van der Waals surface area contributed by atoms with Gasteiger partial charge in [-0.05, 0) is 38.5 Å². The highest BCUT2D eigenvalue weighted by Crippen LogP contribution is 2.10. The molecule has 0 aliphatic rings. The lowest BCUT2D eigenvalue weighted by Crippen LogP contribution is -2.39. The minimum atomic E-state index is -2.91. The minimum absolute atomic E-state index is 0.0607. The standard InChI is InChI=1S/C14H21N3O3/c1-9-8-15-12-11(9)13(19)17(14(20)16(12)3)7-5-4-6-10(2)18/h8,10,15,18H,4-7H2,1-3H3/i1D3,2D3,6D2. The van der Waals surface area contributed by atoms with Crippen molar-refractivity contribution in [3.8, 4) is 0 Å². The predicted octanol–water partition coefficient (Wildman–Crippen LogP) is 0.888. The van der Waals surface area contributed by atoms with E-state index in [1.54, 1.807) is 0 Å². The van der Waals surface area contributed by atoms with E-state index in [0.717, 1.165) is 15.3 Å². The molecular formula is C14H21N3O3. The van der Waals surface area contributed by atoms with Crippen molar-refractivity contribution in [2.45, 2.75) is 45.6 Å². The molecule has 0 saturated heterocycles. The molecule has 0 bridgehead atoms. The van der Waals surface area contributed by atoms with Gasteiger partial charge in [0.2, 0.25) is 0 Å². The number of aliphatic hydroxyl groups excluding tert-OH is 1. The van der Waals surface area contributed by atoms with Gasteiger partial charge in [-0.3, -0.25) is 13.9 Å². The van der Waals surface area contributed by atoms with Crippen LogP contribution in [0.2, 0.25) is 0 Å². The van der Waals surface area contributed by atoms with Gasteiger partial charge in [0, 0.05) is 30.8 Å². The van der Waals surface area contributed by atoms with Crippen molar-refractivity contribution in [1.29, 1.82) is 0 Å². The minimum Gasteiger partial charge on any atom is -0.393 e. The monoisotopic (exact) mass is 287 g/mol. The molecule has 2 rings (SSSR count). The van der Waals surface area contributed by atoms with Gasteiger partial charge in [0.05, 0.1) is 11.5 Å². The van der Waals surface area contributed by atoms with Crippen LogP contribution in [0.1, 0.15) is 42.6 Å². The van der Waals surface area contributed by atoms with Crippen LogP contribution in [0.25, 0.3) is 11.0 Å². The van der Waals surface area contributed by atoms with E-state index in [1.165, 1.54) is 7.05 Å². The van der Waals surface area contributed by atoms with Gasteiger partial charge in [0.1, 0.15) is 5.65 Å². The van der Waals surface area contributed by atoms with Crippen LogP contribution >= 0.6 is 0 Å². The first kappa shape index (κ1) is 7.26. The summed E-state index contributed by atoms with van der Waals surface area (Å²) in [5.41, 5.74) is -1.73. The fourth-order valence-corrected chi connectivity index (χ4v) is 2.07. The second-order valence-corrected chi connectivity index (χ2v) is 4.43. The van der Waals surface area contributed by atoms with Gasteiger partial charge in [0.25, 0.3) is 5.56 Å². The molecule has 0 amide bonds. The number of aromatic amines is 1. The van der Waals surface area contributed by atoms with Gasteiger partial charge in [-0.1, -0.05) is 0 Å². The number of hydrogen-bond acceptors (Lipinski definition) is 3. The summed E-state index contributed by atoms with van der Waals surface area (Å²) in [5, 5.41) is 9.51. The highest BCUT2D eigenvalue weighted by molar-refractivity contribution is 5.78. The fraction of sp³-hybridized carbons (Fsp3) is 0.571. The Morgan fingerprint density at radius 1 is 1.50 bits per heavy atom. The van der Waals surface area contributed by atoms with Crippen molar-refractivity contribution in [2.24, 2.45) is 7.05 Å². The Bertz CT molecular complexity index is 983. The molecule has 1 unspecified atom stereocenters. The third kappa shape index (κ3) is 2.56. The summed E-state index contributed by atoms with van der Waals surface area (Å²) in [5.74, 6) is 0. The van der Waals surface area contributed by atoms with Crippen LogP contribution in [0.4, 0.5) is 0 Å². The predicted molar refractivity (Wildman–Crippen MR) is 78.1 cm³/mol. The Morgan fingerprint density at radius 3 is 3.00 bits per heavy atom. The first-order valence-corrected chi connectivity index (χ1v) is 6.08. The topological polar surface area (TPSA) is 80.0 Å². The fourth-order valence-electron chi connectivity index (χ4n) is 2.07. The third-order valence-electron chi connectivity index (χ3n) is 3.07. The maximum atomic E-state index is 12.7. The van der Waals surface area contributed by atoms with Crippen molar-refractivity contribution in [3.63, 3.8) is 0 Å². The molecule has 0 aliphatic carbocycles. The van der Waals surface area contributed by atoms with Gasteiger partial charge >= 0.3 is 5.69 Å². The smallest absolute Gasteiger partial charge is 0.332 e. The summed E-state index contributed by atoms with van der Waals surface area (Å²) < 4.78 is 61.3. The summed E-state index contributed by atoms with van der Waals surface area (Å²) >= 11 is 0. The van der Waals surface area contributed by atoms with Gasteiger partial charge in [0.15, 0.2) is 0 Å².